The van der Waals surface area contributed by atoms with E-state index in [0.29, 0.717) is 5.02 Å². The number of nitrogens with zero attached hydrogens (tertiary/aromatic N) is 1. The summed E-state index contributed by atoms with van der Waals surface area (Å²) >= 11 is 6.01. The number of halogens is 2. The average Bonchev–Trinajstić information content (AvgIpc) is 2.66. The first-order valence-electron chi connectivity index (χ1n) is 9.39. The largest absolute Gasteiger partial charge is 0.352 e. The number of nitrogens with one attached hydrogen (secondary N) is 1. The summed E-state index contributed by atoms with van der Waals surface area (Å²) in [5.74, 6) is -0.752. The second-order valence-corrected chi connectivity index (χ2v) is 7.39. The lowest BCUT2D eigenvalue weighted by molar-refractivity contribution is -0.140. The Morgan fingerprint density at radius 1 is 1.11 bits per heavy atom. The van der Waals surface area contributed by atoms with E-state index in [-0.39, 0.29) is 36.6 Å². The molecule has 2 rings (SSSR count). The molecule has 0 spiro atoms. The third kappa shape index (κ3) is 6.34. The molecule has 28 heavy (non-hydrogen) atoms. The fourth-order valence-corrected chi connectivity index (χ4v) is 2.97. The number of carbonyl (C=O) groups excluding carboxylic acids is 2. The van der Waals surface area contributed by atoms with Gasteiger partial charge in [-0.1, -0.05) is 42.8 Å². The second kappa shape index (κ2) is 10.2. The van der Waals surface area contributed by atoms with E-state index in [4.69, 9.17) is 11.6 Å². The van der Waals surface area contributed by atoms with Crippen molar-refractivity contribution < 1.29 is 14.0 Å². The molecule has 1 N–H and O–H groups in total. The van der Waals surface area contributed by atoms with Gasteiger partial charge in [0, 0.05) is 17.6 Å². The molecule has 2 aromatic carbocycles. The highest BCUT2D eigenvalue weighted by atomic mass is 35.5. The summed E-state index contributed by atoms with van der Waals surface area (Å²) in [6.45, 7) is 5.82. The molecule has 2 unspecified atom stereocenters. The molecule has 0 saturated carbocycles. The molecule has 0 heterocycles. The van der Waals surface area contributed by atoms with E-state index < -0.39 is 6.04 Å². The molecule has 0 aliphatic heterocycles. The van der Waals surface area contributed by atoms with E-state index in [0.717, 1.165) is 17.5 Å². The summed E-state index contributed by atoms with van der Waals surface area (Å²) in [6.07, 6.45) is 0.926. The molecule has 2 aromatic rings. The van der Waals surface area contributed by atoms with Gasteiger partial charge in [-0.2, -0.15) is 0 Å². The summed E-state index contributed by atoms with van der Waals surface area (Å²) < 4.78 is 13.2. The molecular weight excluding hydrogens is 379 g/mol. The first kappa shape index (κ1) is 21.9. The molecule has 0 aliphatic carbocycles. The lowest BCUT2D eigenvalue weighted by Crippen LogP contribution is -2.49. The Morgan fingerprint density at radius 2 is 1.79 bits per heavy atom. The van der Waals surface area contributed by atoms with Gasteiger partial charge in [0.1, 0.15) is 11.9 Å². The van der Waals surface area contributed by atoms with Crippen molar-refractivity contribution in [3.63, 3.8) is 0 Å². The van der Waals surface area contributed by atoms with Gasteiger partial charge in [0.15, 0.2) is 0 Å². The van der Waals surface area contributed by atoms with Gasteiger partial charge in [0.2, 0.25) is 11.8 Å². The van der Waals surface area contributed by atoms with E-state index in [1.807, 2.05) is 19.9 Å². The predicted molar refractivity (Wildman–Crippen MR) is 109 cm³/mol. The summed E-state index contributed by atoms with van der Waals surface area (Å²) in [5, 5.41) is 3.47. The SMILES string of the molecule is CCC(C)NC(=O)C(C)N(Cc1ccc(F)cc1)C(=O)Cc1cccc(Cl)c1. The lowest BCUT2D eigenvalue weighted by atomic mass is 10.1. The average molecular weight is 405 g/mol. The van der Waals surface area contributed by atoms with Gasteiger partial charge < -0.3 is 10.2 Å². The van der Waals surface area contributed by atoms with Crippen LogP contribution in [-0.4, -0.2) is 28.8 Å². The molecule has 0 aliphatic rings. The normalized spacial score (nSPS) is 12.9. The van der Waals surface area contributed by atoms with Gasteiger partial charge in [-0.25, -0.2) is 4.39 Å². The highest BCUT2D eigenvalue weighted by Gasteiger charge is 2.26. The van der Waals surface area contributed by atoms with Crippen molar-refractivity contribution in [2.75, 3.05) is 0 Å². The Labute approximate surface area is 170 Å². The first-order chi connectivity index (χ1) is 13.3. The molecule has 0 bridgehead atoms. The minimum absolute atomic E-state index is 0.0191. The van der Waals surface area contributed by atoms with Crippen molar-refractivity contribution in [2.45, 2.75) is 52.2 Å². The molecule has 0 saturated heterocycles. The molecule has 150 valence electrons. The van der Waals surface area contributed by atoms with Gasteiger partial charge >= 0.3 is 0 Å². The van der Waals surface area contributed by atoms with E-state index in [1.54, 1.807) is 37.3 Å². The minimum Gasteiger partial charge on any atom is -0.352 e. The van der Waals surface area contributed by atoms with Crippen LogP contribution in [0.5, 0.6) is 0 Å². The Hall–Kier alpha value is -2.40. The van der Waals surface area contributed by atoms with Crippen molar-refractivity contribution in [1.29, 1.82) is 0 Å². The molecule has 4 nitrogen and oxygen atoms in total. The van der Waals surface area contributed by atoms with E-state index >= 15 is 0 Å². The van der Waals surface area contributed by atoms with Crippen LogP contribution in [-0.2, 0) is 22.6 Å². The fourth-order valence-electron chi connectivity index (χ4n) is 2.76. The smallest absolute Gasteiger partial charge is 0.242 e. The number of rotatable bonds is 8. The van der Waals surface area contributed by atoms with Gasteiger partial charge in [-0.3, -0.25) is 9.59 Å². The summed E-state index contributed by atoms with van der Waals surface area (Å²) in [7, 11) is 0. The Balaban J connectivity index is 2.22. The molecule has 0 aromatic heterocycles. The molecule has 6 heteroatoms. The lowest BCUT2D eigenvalue weighted by Gasteiger charge is -2.30. The van der Waals surface area contributed by atoms with E-state index in [9.17, 15) is 14.0 Å². The Bertz CT molecular complexity index is 810. The summed E-state index contributed by atoms with van der Waals surface area (Å²) in [6, 6.07) is 12.4. The van der Waals surface area contributed by atoms with Crippen molar-refractivity contribution in [1.82, 2.24) is 10.2 Å². The predicted octanol–water partition coefficient (Wildman–Crippen LogP) is 4.35. The van der Waals surface area contributed by atoms with Gasteiger partial charge in [-0.05, 0) is 55.7 Å². The van der Waals surface area contributed by atoms with Crippen molar-refractivity contribution >= 4 is 23.4 Å². The maximum absolute atomic E-state index is 13.2. The number of amides is 2. The standard InChI is InChI=1S/C22H26ClFN2O2/c1-4-15(2)25-22(28)16(3)26(14-17-8-10-20(24)11-9-17)21(27)13-18-6-5-7-19(23)12-18/h5-12,15-16H,4,13-14H2,1-3H3,(H,25,28). The fraction of sp³-hybridized carbons (Fsp3) is 0.364. The zero-order valence-corrected chi connectivity index (χ0v) is 17.2. The summed E-state index contributed by atoms with van der Waals surface area (Å²) in [4.78, 5) is 27.2. The minimum atomic E-state index is -0.661. The zero-order valence-electron chi connectivity index (χ0n) is 16.4. The van der Waals surface area contributed by atoms with Crippen LogP contribution in [0, 0.1) is 5.82 Å². The third-order valence-electron chi connectivity index (χ3n) is 4.68. The molecule has 2 amide bonds. The third-order valence-corrected chi connectivity index (χ3v) is 4.91. The maximum Gasteiger partial charge on any atom is 0.242 e. The monoisotopic (exact) mass is 404 g/mol. The van der Waals surface area contributed by atoms with Crippen LogP contribution in [0.15, 0.2) is 48.5 Å². The van der Waals surface area contributed by atoms with Crippen molar-refractivity contribution in [3.05, 3.63) is 70.5 Å². The van der Waals surface area contributed by atoms with Crippen LogP contribution < -0.4 is 5.32 Å². The molecule has 0 radical (unpaired) electrons. The van der Waals surface area contributed by atoms with Crippen LogP contribution in [0.3, 0.4) is 0 Å². The number of hydrogen-bond donors (Lipinski definition) is 1. The topological polar surface area (TPSA) is 49.4 Å². The van der Waals surface area contributed by atoms with E-state index in [1.165, 1.54) is 17.0 Å². The van der Waals surface area contributed by atoms with Crippen LogP contribution in [0.1, 0.15) is 38.3 Å². The highest BCUT2D eigenvalue weighted by Crippen LogP contribution is 2.16. The van der Waals surface area contributed by atoms with E-state index in [2.05, 4.69) is 5.32 Å². The molecule has 2 atom stereocenters. The second-order valence-electron chi connectivity index (χ2n) is 6.95. The van der Waals surface area contributed by atoms with Crippen molar-refractivity contribution in [3.8, 4) is 0 Å². The summed E-state index contributed by atoms with van der Waals surface area (Å²) in [5.41, 5.74) is 1.53. The van der Waals surface area contributed by atoms with Gasteiger partial charge in [0.05, 0.1) is 6.42 Å². The van der Waals surface area contributed by atoms with Crippen LogP contribution >= 0.6 is 11.6 Å². The quantitative estimate of drug-likeness (QED) is 0.710. The van der Waals surface area contributed by atoms with Crippen molar-refractivity contribution in [2.24, 2.45) is 0 Å². The highest BCUT2D eigenvalue weighted by molar-refractivity contribution is 6.30. The van der Waals surface area contributed by atoms with Gasteiger partial charge in [0.25, 0.3) is 0 Å². The van der Waals surface area contributed by atoms with Gasteiger partial charge in [-0.15, -0.1) is 0 Å². The van der Waals surface area contributed by atoms with Crippen LogP contribution in [0.4, 0.5) is 4.39 Å². The number of benzene rings is 2. The number of carbonyl (C=O) groups is 2. The molecular formula is C22H26ClFN2O2. The number of hydrogen-bond acceptors (Lipinski definition) is 2. The molecule has 0 fully saturated rings. The van der Waals surface area contributed by atoms with Crippen LogP contribution in [0.25, 0.3) is 0 Å². The Kier molecular flexibility index (Phi) is 8.00. The van der Waals surface area contributed by atoms with Crippen LogP contribution in [0.2, 0.25) is 5.02 Å². The Morgan fingerprint density at radius 3 is 2.39 bits per heavy atom. The zero-order chi connectivity index (χ0) is 20.7. The first-order valence-corrected chi connectivity index (χ1v) is 9.76. The maximum atomic E-state index is 13.2.